The number of anilines is 1. The molecule has 1 amide bonds. The Bertz CT molecular complexity index is 434. The van der Waals surface area contributed by atoms with Crippen LogP contribution in [0.2, 0.25) is 0 Å². The van der Waals surface area contributed by atoms with E-state index in [4.69, 9.17) is 6.42 Å². The number of amides is 1. The third-order valence-electron chi connectivity index (χ3n) is 2.67. The number of nitrogens with one attached hydrogen (secondary N) is 1. The zero-order chi connectivity index (χ0) is 13.4. The van der Waals surface area contributed by atoms with Crippen LogP contribution in [0.3, 0.4) is 0 Å². The molecule has 0 saturated carbocycles. The smallest absolute Gasteiger partial charge is 0.256 e. The molecule has 0 aliphatic rings. The summed E-state index contributed by atoms with van der Waals surface area (Å²) in [7, 11) is 0. The molecule has 96 valence electrons. The fourth-order valence-electron chi connectivity index (χ4n) is 1.69. The van der Waals surface area contributed by atoms with Crippen molar-refractivity contribution in [1.29, 1.82) is 0 Å². The maximum atomic E-state index is 12.3. The van der Waals surface area contributed by atoms with Crippen LogP contribution in [-0.4, -0.2) is 30.4 Å². The van der Waals surface area contributed by atoms with Gasteiger partial charge in [0.25, 0.3) is 5.91 Å². The number of para-hydroxylation sites is 1. The van der Waals surface area contributed by atoms with Gasteiger partial charge in [0.1, 0.15) is 0 Å². The lowest BCUT2D eigenvalue weighted by atomic mass is 10.1. The second kappa shape index (κ2) is 7.39. The molecule has 0 aliphatic heterocycles. The van der Waals surface area contributed by atoms with Crippen LogP contribution in [-0.2, 0) is 0 Å². The first-order chi connectivity index (χ1) is 8.74. The average Bonchev–Trinajstić information content (AvgIpc) is 2.42. The van der Waals surface area contributed by atoms with Gasteiger partial charge in [0.2, 0.25) is 0 Å². The van der Waals surface area contributed by atoms with Crippen LogP contribution in [0.5, 0.6) is 0 Å². The molecule has 18 heavy (non-hydrogen) atoms. The van der Waals surface area contributed by atoms with Gasteiger partial charge < -0.3 is 10.2 Å². The Kier molecular flexibility index (Phi) is 5.79. The normalized spacial score (nSPS) is 9.61. The highest BCUT2D eigenvalue weighted by atomic mass is 16.2. The number of rotatable bonds is 6. The minimum atomic E-state index is -0.0188. The van der Waals surface area contributed by atoms with Crippen LogP contribution in [0.15, 0.2) is 24.3 Å². The van der Waals surface area contributed by atoms with E-state index in [1.807, 2.05) is 31.2 Å². The lowest BCUT2D eigenvalue weighted by molar-refractivity contribution is 0.0786. The van der Waals surface area contributed by atoms with Crippen molar-refractivity contribution in [2.24, 2.45) is 0 Å². The number of hydrogen-bond acceptors (Lipinski definition) is 2. The van der Waals surface area contributed by atoms with E-state index < -0.39 is 0 Å². The molecule has 0 aliphatic carbocycles. The van der Waals surface area contributed by atoms with E-state index in [1.54, 1.807) is 4.90 Å². The van der Waals surface area contributed by atoms with Crippen molar-refractivity contribution in [3.05, 3.63) is 29.8 Å². The number of nitrogens with zero attached hydrogens (tertiary/aromatic N) is 1. The summed E-state index contributed by atoms with van der Waals surface area (Å²) in [5.74, 6) is 2.50. The van der Waals surface area contributed by atoms with Crippen molar-refractivity contribution in [2.75, 3.05) is 25.0 Å². The molecule has 3 nitrogen and oxygen atoms in total. The van der Waals surface area contributed by atoms with Gasteiger partial charge >= 0.3 is 0 Å². The SMILES string of the molecule is C#CCN(CC)C(=O)c1ccccc1NCCC. The van der Waals surface area contributed by atoms with E-state index in [1.165, 1.54) is 0 Å². The van der Waals surface area contributed by atoms with Gasteiger partial charge in [0.15, 0.2) is 0 Å². The lowest BCUT2D eigenvalue weighted by Crippen LogP contribution is -2.31. The molecule has 1 aromatic carbocycles. The van der Waals surface area contributed by atoms with E-state index >= 15 is 0 Å². The third kappa shape index (κ3) is 3.53. The summed E-state index contributed by atoms with van der Waals surface area (Å²) in [6.45, 7) is 5.83. The van der Waals surface area contributed by atoms with Crippen LogP contribution in [0.1, 0.15) is 30.6 Å². The molecule has 1 aromatic rings. The predicted octanol–water partition coefficient (Wildman–Crippen LogP) is 2.60. The highest BCUT2D eigenvalue weighted by molar-refractivity contribution is 5.99. The monoisotopic (exact) mass is 244 g/mol. The first-order valence-electron chi connectivity index (χ1n) is 6.30. The Morgan fingerprint density at radius 3 is 2.72 bits per heavy atom. The van der Waals surface area contributed by atoms with Gasteiger partial charge in [0.05, 0.1) is 12.1 Å². The molecule has 0 radical (unpaired) electrons. The van der Waals surface area contributed by atoms with Crippen LogP contribution >= 0.6 is 0 Å². The third-order valence-corrected chi connectivity index (χ3v) is 2.67. The standard InChI is InChI=1S/C15H20N2O/c1-4-11-16-14-10-8-7-9-13(14)15(18)17(6-3)12-5-2/h2,7-10,16H,4,6,11-12H2,1,3H3. The van der Waals surface area contributed by atoms with Gasteiger partial charge in [0, 0.05) is 18.8 Å². The number of benzene rings is 1. The molecule has 3 heteroatoms. The number of hydrogen-bond donors (Lipinski definition) is 1. The number of terminal acetylenes is 1. The van der Waals surface area contributed by atoms with Gasteiger partial charge in [-0.25, -0.2) is 0 Å². The summed E-state index contributed by atoms with van der Waals surface area (Å²) in [6.07, 6.45) is 6.30. The highest BCUT2D eigenvalue weighted by Crippen LogP contribution is 2.17. The minimum Gasteiger partial charge on any atom is -0.384 e. The topological polar surface area (TPSA) is 32.3 Å². The number of carbonyl (C=O) groups is 1. The molecule has 0 aromatic heterocycles. The molecule has 0 bridgehead atoms. The van der Waals surface area contributed by atoms with Crippen LogP contribution in [0.4, 0.5) is 5.69 Å². The fraction of sp³-hybridized carbons (Fsp3) is 0.400. The minimum absolute atomic E-state index is 0.0188. The van der Waals surface area contributed by atoms with Crippen molar-refractivity contribution in [3.63, 3.8) is 0 Å². The maximum absolute atomic E-state index is 12.3. The molecule has 0 unspecified atom stereocenters. The molecule has 0 fully saturated rings. The van der Waals surface area contributed by atoms with Crippen molar-refractivity contribution >= 4 is 11.6 Å². The first-order valence-corrected chi connectivity index (χ1v) is 6.30. The summed E-state index contributed by atoms with van der Waals surface area (Å²) < 4.78 is 0. The van der Waals surface area contributed by atoms with E-state index in [0.29, 0.717) is 18.7 Å². The Morgan fingerprint density at radius 2 is 2.11 bits per heavy atom. The van der Waals surface area contributed by atoms with E-state index in [0.717, 1.165) is 18.7 Å². The van der Waals surface area contributed by atoms with Gasteiger partial charge in [-0.2, -0.15) is 0 Å². The van der Waals surface area contributed by atoms with Crippen molar-refractivity contribution in [1.82, 2.24) is 4.90 Å². The summed E-state index contributed by atoms with van der Waals surface area (Å²) in [5.41, 5.74) is 1.56. The maximum Gasteiger partial charge on any atom is 0.256 e. The second-order valence-corrected chi connectivity index (χ2v) is 4.00. The predicted molar refractivity (Wildman–Crippen MR) is 75.6 cm³/mol. The van der Waals surface area contributed by atoms with Gasteiger partial charge in [-0.05, 0) is 25.5 Å². The average molecular weight is 244 g/mol. The Morgan fingerprint density at radius 1 is 1.39 bits per heavy atom. The van der Waals surface area contributed by atoms with Crippen LogP contribution < -0.4 is 5.32 Å². The van der Waals surface area contributed by atoms with Gasteiger partial charge in [-0.3, -0.25) is 4.79 Å². The van der Waals surface area contributed by atoms with E-state index in [-0.39, 0.29) is 5.91 Å². The molecular formula is C15H20N2O. The molecular weight excluding hydrogens is 224 g/mol. The lowest BCUT2D eigenvalue weighted by Gasteiger charge is -2.20. The summed E-state index contributed by atoms with van der Waals surface area (Å²) in [4.78, 5) is 14.0. The Balaban J connectivity index is 2.93. The van der Waals surface area contributed by atoms with Crippen molar-refractivity contribution in [2.45, 2.75) is 20.3 Å². The first kappa shape index (κ1) is 14.1. The molecule has 1 N–H and O–H groups in total. The van der Waals surface area contributed by atoms with Crippen LogP contribution in [0, 0.1) is 12.3 Å². The zero-order valence-corrected chi connectivity index (χ0v) is 11.1. The summed E-state index contributed by atoms with van der Waals surface area (Å²) in [6, 6.07) is 7.55. The quantitative estimate of drug-likeness (QED) is 0.780. The Hall–Kier alpha value is -1.95. The fourth-order valence-corrected chi connectivity index (χ4v) is 1.69. The van der Waals surface area contributed by atoms with E-state index in [2.05, 4.69) is 18.2 Å². The molecule has 0 heterocycles. The Labute approximate surface area is 109 Å². The summed E-state index contributed by atoms with van der Waals surface area (Å²) >= 11 is 0. The number of carbonyl (C=O) groups excluding carboxylic acids is 1. The van der Waals surface area contributed by atoms with Crippen molar-refractivity contribution < 1.29 is 4.79 Å². The van der Waals surface area contributed by atoms with Crippen molar-refractivity contribution in [3.8, 4) is 12.3 Å². The molecule has 0 saturated heterocycles. The van der Waals surface area contributed by atoms with Crippen LogP contribution in [0.25, 0.3) is 0 Å². The zero-order valence-electron chi connectivity index (χ0n) is 11.1. The second-order valence-electron chi connectivity index (χ2n) is 4.00. The van der Waals surface area contributed by atoms with Gasteiger partial charge in [-0.15, -0.1) is 6.42 Å². The van der Waals surface area contributed by atoms with E-state index in [9.17, 15) is 4.79 Å². The largest absolute Gasteiger partial charge is 0.384 e. The molecule has 0 atom stereocenters. The summed E-state index contributed by atoms with van der Waals surface area (Å²) in [5, 5.41) is 3.27. The van der Waals surface area contributed by atoms with Gasteiger partial charge in [-0.1, -0.05) is 25.0 Å². The molecule has 0 spiro atoms. The highest BCUT2D eigenvalue weighted by Gasteiger charge is 2.16. The molecule has 1 rings (SSSR count).